The SMILES string of the molecule is Cc1ccnc(CN2CC3(COC3)C2)c1. The smallest absolute Gasteiger partial charge is 0.0569 e. The molecule has 3 rings (SSSR count). The van der Waals surface area contributed by atoms with E-state index in [2.05, 4.69) is 22.9 Å². The normalized spacial score (nSPS) is 23.5. The van der Waals surface area contributed by atoms with Crippen molar-refractivity contribution in [1.29, 1.82) is 0 Å². The molecule has 3 heterocycles. The van der Waals surface area contributed by atoms with Crippen LogP contribution in [0.25, 0.3) is 0 Å². The van der Waals surface area contributed by atoms with E-state index in [4.69, 9.17) is 4.74 Å². The van der Waals surface area contributed by atoms with E-state index in [1.165, 1.54) is 24.3 Å². The van der Waals surface area contributed by atoms with Crippen LogP contribution >= 0.6 is 0 Å². The molecule has 2 aliphatic heterocycles. The maximum Gasteiger partial charge on any atom is 0.0569 e. The third kappa shape index (κ3) is 1.66. The Kier molecular flexibility index (Phi) is 2.04. The molecule has 2 saturated heterocycles. The van der Waals surface area contributed by atoms with Crippen molar-refractivity contribution < 1.29 is 4.74 Å². The molecule has 0 radical (unpaired) electrons. The first-order valence-corrected chi connectivity index (χ1v) is 5.47. The van der Waals surface area contributed by atoms with Gasteiger partial charge < -0.3 is 4.74 Å². The minimum Gasteiger partial charge on any atom is -0.380 e. The molecule has 2 aliphatic rings. The van der Waals surface area contributed by atoms with Gasteiger partial charge in [-0.3, -0.25) is 9.88 Å². The zero-order chi connectivity index (χ0) is 10.3. The Morgan fingerprint density at radius 2 is 2.27 bits per heavy atom. The molecule has 0 saturated carbocycles. The topological polar surface area (TPSA) is 25.4 Å². The molecule has 1 aromatic heterocycles. The minimum atomic E-state index is 0.518. The van der Waals surface area contributed by atoms with Gasteiger partial charge in [0.05, 0.1) is 18.9 Å². The van der Waals surface area contributed by atoms with Crippen molar-refractivity contribution in [1.82, 2.24) is 9.88 Å². The van der Waals surface area contributed by atoms with Gasteiger partial charge in [0.2, 0.25) is 0 Å². The van der Waals surface area contributed by atoms with Gasteiger partial charge in [0, 0.05) is 31.2 Å². The number of aromatic nitrogens is 1. The Morgan fingerprint density at radius 1 is 1.47 bits per heavy atom. The summed E-state index contributed by atoms with van der Waals surface area (Å²) in [7, 11) is 0. The predicted octanol–water partition coefficient (Wildman–Crippen LogP) is 1.22. The van der Waals surface area contributed by atoms with Crippen LogP contribution < -0.4 is 0 Å². The molecule has 0 bridgehead atoms. The largest absolute Gasteiger partial charge is 0.380 e. The third-order valence-electron chi connectivity index (χ3n) is 3.29. The molecule has 0 aliphatic carbocycles. The highest BCUT2D eigenvalue weighted by atomic mass is 16.5. The molecule has 0 N–H and O–H groups in total. The van der Waals surface area contributed by atoms with Crippen molar-refractivity contribution in [2.24, 2.45) is 5.41 Å². The summed E-state index contributed by atoms with van der Waals surface area (Å²) in [6.45, 7) is 7.40. The lowest BCUT2D eigenvalue weighted by atomic mass is 9.78. The maximum absolute atomic E-state index is 5.26. The van der Waals surface area contributed by atoms with E-state index in [1.54, 1.807) is 0 Å². The fourth-order valence-electron chi connectivity index (χ4n) is 2.50. The van der Waals surface area contributed by atoms with Gasteiger partial charge in [-0.25, -0.2) is 0 Å². The van der Waals surface area contributed by atoms with Gasteiger partial charge >= 0.3 is 0 Å². The van der Waals surface area contributed by atoms with Gasteiger partial charge in [-0.2, -0.15) is 0 Å². The van der Waals surface area contributed by atoms with Gasteiger partial charge in [-0.15, -0.1) is 0 Å². The molecule has 80 valence electrons. The van der Waals surface area contributed by atoms with E-state index < -0.39 is 0 Å². The van der Waals surface area contributed by atoms with Crippen molar-refractivity contribution in [3.05, 3.63) is 29.6 Å². The molecule has 0 amide bonds. The van der Waals surface area contributed by atoms with Crippen molar-refractivity contribution in [3.8, 4) is 0 Å². The van der Waals surface area contributed by atoms with Gasteiger partial charge in [0.15, 0.2) is 0 Å². The Balaban J connectivity index is 1.58. The van der Waals surface area contributed by atoms with Crippen LogP contribution in [-0.4, -0.2) is 36.2 Å². The number of aryl methyl sites for hydroxylation is 1. The summed E-state index contributed by atoms with van der Waals surface area (Å²) in [4.78, 5) is 6.83. The van der Waals surface area contributed by atoms with E-state index in [0.717, 1.165) is 19.8 Å². The summed E-state index contributed by atoms with van der Waals surface area (Å²) >= 11 is 0. The van der Waals surface area contributed by atoms with Crippen LogP contribution in [-0.2, 0) is 11.3 Å². The molecular weight excluding hydrogens is 188 g/mol. The van der Waals surface area contributed by atoms with Crippen LogP contribution in [0.3, 0.4) is 0 Å². The van der Waals surface area contributed by atoms with Crippen molar-refractivity contribution in [3.63, 3.8) is 0 Å². The number of pyridine rings is 1. The third-order valence-corrected chi connectivity index (χ3v) is 3.29. The summed E-state index contributed by atoms with van der Waals surface area (Å²) in [6.07, 6.45) is 1.90. The predicted molar refractivity (Wildman–Crippen MR) is 57.5 cm³/mol. The Hall–Kier alpha value is -0.930. The lowest BCUT2D eigenvalue weighted by Crippen LogP contribution is -2.65. The number of likely N-dealkylation sites (tertiary alicyclic amines) is 1. The molecule has 3 heteroatoms. The standard InChI is InChI=1S/C12H16N2O/c1-10-2-3-13-11(4-10)5-14-6-12(7-14)8-15-9-12/h2-4H,5-9H2,1H3. The van der Waals surface area contributed by atoms with E-state index in [0.29, 0.717) is 5.41 Å². The minimum absolute atomic E-state index is 0.518. The number of ether oxygens (including phenoxy) is 1. The Morgan fingerprint density at radius 3 is 2.87 bits per heavy atom. The molecule has 0 unspecified atom stereocenters. The van der Waals surface area contributed by atoms with Crippen LogP contribution in [0, 0.1) is 12.3 Å². The van der Waals surface area contributed by atoms with Crippen LogP contribution in [0.1, 0.15) is 11.3 Å². The first-order chi connectivity index (χ1) is 7.26. The molecule has 3 nitrogen and oxygen atoms in total. The zero-order valence-electron chi connectivity index (χ0n) is 9.07. The highest BCUT2D eigenvalue weighted by Crippen LogP contribution is 2.37. The maximum atomic E-state index is 5.26. The van der Waals surface area contributed by atoms with Crippen molar-refractivity contribution in [2.45, 2.75) is 13.5 Å². The summed E-state index contributed by atoms with van der Waals surface area (Å²) in [5.41, 5.74) is 3.00. The number of hydrogen-bond donors (Lipinski definition) is 0. The Bertz CT molecular complexity index is 366. The highest BCUT2D eigenvalue weighted by molar-refractivity contribution is 5.15. The van der Waals surface area contributed by atoms with Crippen LogP contribution in [0.5, 0.6) is 0 Å². The summed E-state index contributed by atoms with van der Waals surface area (Å²) < 4.78 is 5.26. The fraction of sp³-hybridized carbons (Fsp3) is 0.583. The van der Waals surface area contributed by atoms with Crippen molar-refractivity contribution >= 4 is 0 Å². The second-order valence-corrected chi connectivity index (χ2v) is 4.96. The van der Waals surface area contributed by atoms with Crippen LogP contribution in [0.4, 0.5) is 0 Å². The Labute approximate surface area is 90.1 Å². The van der Waals surface area contributed by atoms with E-state index >= 15 is 0 Å². The molecule has 1 spiro atoms. The quantitative estimate of drug-likeness (QED) is 0.724. The van der Waals surface area contributed by atoms with E-state index in [1.807, 2.05) is 12.3 Å². The molecular formula is C12H16N2O. The molecule has 0 atom stereocenters. The average Bonchev–Trinajstić information content (AvgIpc) is 2.07. The lowest BCUT2D eigenvalue weighted by Gasteiger charge is -2.55. The number of hydrogen-bond acceptors (Lipinski definition) is 3. The lowest BCUT2D eigenvalue weighted by molar-refractivity contribution is -0.191. The molecule has 1 aromatic rings. The molecule has 2 fully saturated rings. The molecule has 0 aromatic carbocycles. The van der Waals surface area contributed by atoms with Crippen molar-refractivity contribution in [2.75, 3.05) is 26.3 Å². The first kappa shape index (κ1) is 9.31. The van der Waals surface area contributed by atoms with Crippen LogP contribution in [0.15, 0.2) is 18.3 Å². The molecule has 15 heavy (non-hydrogen) atoms. The van der Waals surface area contributed by atoms with Crippen LogP contribution in [0.2, 0.25) is 0 Å². The zero-order valence-corrected chi connectivity index (χ0v) is 9.07. The fourth-order valence-corrected chi connectivity index (χ4v) is 2.50. The van der Waals surface area contributed by atoms with E-state index in [-0.39, 0.29) is 0 Å². The van der Waals surface area contributed by atoms with Gasteiger partial charge in [0.1, 0.15) is 0 Å². The van der Waals surface area contributed by atoms with Gasteiger partial charge in [-0.05, 0) is 24.6 Å². The summed E-state index contributed by atoms with van der Waals surface area (Å²) in [5, 5.41) is 0. The van der Waals surface area contributed by atoms with E-state index in [9.17, 15) is 0 Å². The second-order valence-electron chi connectivity index (χ2n) is 4.96. The number of nitrogens with zero attached hydrogens (tertiary/aromatic N) is 2. The summed E-state index contributed by atoms with van der Waals surface area (Å²) in [6, 6.07) is 4.21. The van der Waals surface area contributed by atoms with Gasteiger partial charge in [0.25, 0.3) is 0 Å². The second kappa shape index (κ2) is 3.29. The van der Waals surface area contributed by atoms with Gasteiger partial charge in [-0.1, -0.05) is 0 Å². The summed E-state index contributed by atoms with van der Waals surface area (Å²) in [5.74, 6) is 0. The first-order valence-electron chi connectivity index (χ1n) is 5.47. The monoisotopic (exact) mass is 204 g/mol. The average molecular weight is 204 g/mol. The highest BCUT2D eigenvalue weighted by Gasteiger charge is 2.48. The number of rotatable bonds is 2.